The van der Waals surface area contributed by atoms with Crippen molar-refractivity contribution in [1.82, 2.24) is 10.2 Å². The number of hydrogen-bond acceptors (Lipinski definition) is 3. The lowest BCUT2D eigenvalue weighted by molar-refractivity contribution is -0.153. The van der Waals surface area contributed by atoms with Crippen LogP contribution in [-0.4, -0.2) is 47.4 Å². The predicted octanol–water partition coefficient (Wildman–Crippen LogP) is 1.25. The molecular weight excluding hydrogens is 272 g/mol. The van der Waals surface area contributed by atoms with E-state index in [0.29, 0.717) is 19.4 Å². The van der Waals surface area contributed by atoms with E-state index in [2.05, 4.69) is 5.32 Å². The molecule has 1 saturated heterocycles. The van der Waals surface area contributed by atoms with Crippen LogP contribution in [0.4, 0.5) is 0 Å². The summed E-state index contributed by atoms with van der Waals surface area (Å²) in [7, 11) is 0. The van der Waals surface area contributed by atoms with E-state index in [9.17, 15) is 19.5 Å². The lowest BCUT2D eigenvalue weighted by atomic mass is 9.82. The molecule has 1 aliphatic rings. The summed E-state index contributed by atoms with van der Waals surface area (Å²) in [6.45, 7) is 8.24. The van der Waals surface area contributed by atoms with Gasteiger partial charge in [0, 0.05) is 31.5 Å². The highest BCUT2D eigenvalue weighted by Gasteiger charge is 2.39. The van der Waals surface area contributed by atoms with Crippen LogP contribution in [0.25, 0.3) is 0 Å². The molecule has 1 fully saturated rings. The zero-order valence-electron chi connectivity index (χ0n) is 13.4. The van der Waals surface area contributed by atoms with Crippen molar-refractivity contribution in [2.45, 2.75) is 47.0 Å². The van der Waals surface area contributed by atoms with Gasteiger partial charge in [-0.05, 0) is 19.8 Å². The Hall–Kier alpha value is -1.59. The second kappa shape index (κ2) is 6.45. The number of piperidine rings is 1. The van der Waals surface area contributed by atoms with Crippen molar-refractivity contribution >= 4 is 17.8 Å². The zero-order valence-corrected chi connectivity index (χ0v) is 13.4. The number of carbonyl (C=O) groups is 3. The number of nitrogens with one attached hydrogen (secondary N) is 1. The minimum Gasteiger partial charge on any atom is -0.481 e. The van der Waals surface area contributed by atoms with E-state index in [1.54, 1.807) is 11.8 Å². The Bertz CT molecular complexity index is 428. The van der Waals surface area contributed by atoms with Gasteiger partial charge in [0.25, 0.3) is 0 Å². The van der Waals surface area contributed by atoms with Crippen LogP contribution in [0.2, 0.25) is 0 Å². The fourth-order valence-corrected chi connectivity index (χ4v) is 2.33. The summed E-state index contributed by atoms with van der Waals surface area (Å²) >= 11 is 0. The normalized spacial score (nSPS) is 22.8. The van der Waals surface area contributed by atoms with Crippen LogP contribution in [0.5, 0.6) is 0 Å². The maximum Gasteiger partial charge on any atom is 0.311 e. The minimum absolute atomic E-state index is 0.0932. The molecular formula is C15H26N2O4. The van der Waals surface area contributed by atoms with E-state index in [-0.39, 0.29) is 31.3 Å². The van der Waals surface area contributed by atoms with E-state index in [1.165, 1.54) is 0 Å². The third-order valence-electron chi connectivity index (χ3n) is 3.87. The summed E-state index contributed by atoms with van der Waals surface area (Å²) in [5.74, 6) is -1.05. The maximum absolute atomic E-state index is 12.1. The van der Waals surface area contributed by atoms with Gasteiger partial charge in [-0.1, -0.05) is 20.8 Å². The Kier molecular flexibility index (Phi) is 5.36. The van der Waals surface area contributed by atoms with Crippen LogP contribution >= 0.6 is 0 Å². The topological polar surface area (TPSA) is 86.7 Å². The molecule has 6 nitrogen and oxygen atoms in total. The standard InChI is InChI=1S/C15H26N2O4/c1-14(2,3)12(19)16-8-6-11(18)17-9-5-7-15(4,10-17)13(20)21/h5-10H2,1-4H3,(H,16,19)(H,20,21). The summed E-state index contributed by atoms with van der Waals surface area (Å²) < 4.78 is 0. The number of carboxylic acid groups (broad SMARTS) is 1. The highest BCUT2D eigenvalue weighted by Crippen LogP contribution is 2.29. The number of aliphatic carboxylic acids is 1. The van der Waals surface area contributed by atoms with Gasteiger partial charge in [0.2, 0.25) is 11.8 Å². The summed E-state index contributed by atoms with van der Waals surface area (Å²) in [5, 5.41) is 12.0. The molecule has 0 radical (unpaired) electrons. The molecule has 2 amide bonds. The average molecular weight is 298 g/mol. The molecule has 1 rings (SSSR count). The highest BCUT2D eigenvalue weighted by molar-refractivity contribution is 5.83. The van der Waals surface area contributed by atoms with Crippen molar-refractivity contribution in [3.05, 3.63) is 0 Å². The number of carbonyl (C=O) groups excluding carboxylic acids is 2. The first kappa shape index (κ1) is 17.5. The third-order valence-corrected chi connectivity index (χ3v) is 3.87. The van der Waals surface area contributed by atoms with Crippen LogP contribution in [0.3, 0.4) is 0 Å². The SMILES string of the molecule is CC(C)(C)C(=O)NCCC(=O)N1CCCC(C)(C(=O)O)C1. The molecule has 0 bridgehead atoms. The number of hydrogen-bond donors (Lipinski definition) is 2. The van der Waals surface area contributed by atoms with Gasteiger partial charge in [0.1, 0.15) is 0 Å². The van der Waals surface area contributed by atoms with Crippen molar-refractivity contribution < 1.29 is 19.5 Å². The van der Waals surface area contributed by atoms with Gasteiger partial charge < -0.3 is 15.3 Å². The smallest absolute Gasteiger partial charge is 0.311 e. The van der Waals surface area contributed by atoms with Crippen LogP contribution in [0, 0.1) is 10.8 Å². The van der Waals surface area contributed by atoms with Crippen LogP contribution in [-0.2, 0) is 14.4 Å². The lowest BCUT2D eigenvalue weighted by Gasteiger charge is -2.37. The van der Waals surface area contributed by atoms with Crippen LogP contribution < -0.4 is 5.32 Å². The van der Waals surface area contributed by atoms with Gasteiger partial charge in [0.15, 0.2) is 0 Å². The molecule has 6 heteroatoms. The number of nitrogens with zero attached hydrogens (tertiary/aromatic N) is 1. The first-order valence-electron chi connectivity index (χ1n) is 7.36. The predicted molar refractivity (Wildman–Crippen MR) is 78.6 cm³/mol. The molecule has 2 N–H and O–H groups in total. The Balaban J connectivity index is 2.46. The third kappa shape index (κ3) is 4.72. The molecule has 21 heavy (non-hydrogen) atoms. The van der Waals surface area contributed by atoms with Crippen molar-refractivity contribution in [1.29, 1.82) is 0 Å². The molecule has 0 aromatic rings. The molecule has 0 saturated carbocycles. The summed E-state index contributed by atoms with van der Waals surface area (Å²) in [5.41, 5.74) is -1.33. The Morgan fingerprint density at radius 2 is 1.90 bits per heavy atom. The minimum atomic E-state index is -0.860. The first-order valence-corrected chi connectivity index (χ1v) is 7.36. The van der Waals surface area contributed by atoms with Crippen molar-refractivity contribution in [2.75, 3.05) is 19.6 Å². The molecule has 1 atom stereocenters. The fourth-order valence-electron chi connectivity index (χ4n) is 2.33. The quantitative estimate of drug-likeness (QED) is 0.818. The van der Waals surface area contributed by atoms with Gasteiger partial charge in [-0.3, -0.25) is 14.4 Å². The first-order chi connectivity index (χ1) is 9.56. The molecule has 0 aromatic carbocycles. The number of likely N-dealkylation sites (tertiary alicyclic amines) is 1. The monoisotopic (exact) mass is 298 g/mol. The Labute approximate surface area is 125 Å². The fraction of sp³-hybridized carbons (Fsp3) is 0.800. The Morgan fingerprint density at radius 1 is 1.29 bits per heavy atom. The molecule has 1 unspecified atom stereocenters. The second-order valence-corrected chi connectivity index (χ2v) is 7.04. The molecule has 1 heterocycles. The van der Waals surface area contributed by atoms with Gasteiger partial charge >= 0.3 is 5.97 Å². The molecule has 120 valence electrons. The Morgan fingerprint density at radius 3 is 2.43 bits per heavy atom. The van der Waals surface area contributed by atoms with Gasteiger partial charge in [-0.25, -0.2) is 0 Å². The van der Waals surface area contributed by atoms with Crippen molar-refractivity contribution in [2.24, 2.45) is 10.8 Å². The van der Waals surface area contributed by atoms with Crippen molar-refractivity contribution in [3.63, 3.8) is 0 Å². The number of amides is 2. The molecule has 0 aliphatic carbocycles. The summed E-state index contributed by atoms with van der Waals surface area (Å²) in [6, 6.07) is 0. The molecule has 1 aliphatic heterocycles. The lowest BCUT2D eigenvalue weighted by Crippen LogP contribution is -2.49. The van der Waals surface area contributed by atoms with Crippen molar-refractivity contribution in [3.8, 4) is 0 Å². The largest absolute Gasteiger partial charge is 0.481 e. The molecule has 0 spiro atoms. The van der Waals surface area contributed by atoms with E-state index >= 15 is 0 Å². The van der Waals surface area contributed by atoms with Gasteiger partial charge in [0.05, 0.1) is 5.41 Å². The van der Waals surface area contributed by atoms with E-state index < -0.39 is 16.8 Å². The molecule has 0 aromatic heterocycles. The van der Waals surface area contributed by atoms with E-state index in [1.807, 2.05) is 20.8 Å². The highest BCUT2D eigenvalue weighted by atomic mass is 16.4. The van der Waals surface area contributed by atoms with Crippen LogP contribution in [0.1, 0.15) is 47.0 Å². The maximum atomic E-state index is 12.1. The summed E-state index contributed by atoms with van der Waals surface area (Å²) in [6.07, 6.45) is 1.49. The van der Waals surface area contributed by atoms with Crippen LogP contribution in [0.15, 0.2) is 0 Å². The summed E-state index contributed by atoms with van der Waals surface area (Å²) in [4.78, 5) is 36.7. The average Bonchev–Trinajstić information content (AvgIpc) is 2.37. The van der Waals surface area contributed by atoms with E-state index in [4.69, 9.17) is 0 Å². The van der Waals surface area contributed by atoms with Gasteiger partial charge in [-0.15, -0.1) is 0 Å². The number of rotatable bonds is 4. The second-order valence-electron chi connectivity index (χ2n) is 7.04. The number of carboxylic acids is 1. The van der Waals surface area contributed by atoms with E-state index in [0.717, 1.165) is 0 Å². The zero-order chi connectivity index (χ0) is 16.3. The van der Waals surface area contributed by atoms with Gasteiger partial charge in [-0.2, -0.15) is 0 Å².